The van der Waals surface area contributed by atoms with Crippen molar-refractivity contribution in [2.24, 2.45) is 15.7 Å². The van der Waals surface area contributed by atoms with Gasteiger partial charge in [0.25, 0.3) is 0 Å². The van der Waals surface area contributed by atoms with Crippen molar-refractivity contribution >= 4 is 29.4 Å². The van der Waals surface area contributed by atoms with Crippen LogP contribution in [-0.4, -0.2) is 17.2 Å². The van der Waals surface area contributed by atoms with E-state index in [-0.39, 0.29) is 46.1 Å². The predicted octanol–water partition coefficient (Wildman–Crippen LogP) is -4.04. The second-order valence-electron chi connectivity index (χ2n) is 1.61. The molecule has 0 unspecified atom stereocenters. The third kappa shape index (κ3) is 2.70. The van der Waals surface area contributed by atoms with Gasteiger partial charge in [0.1, 0.15) is 5.84 Å². The molecule has 0 saturated heterocycles. The number of hydrogen-bond donors (Lipinski definition) is 1. The molecule has 0 atom stereocenters. The maximum atomic E-state index is 10.1. The standard InChI is InChI=1S/C5H5N3OS.Na/c6-4-3(2-9)1-7-5(10)8-4;/h1-2,9H,(H2,6,8,10);/q;+1/p-1/b3-2+;. The molecule has 0 radical (unpaired) electrons. The molecule has 0 amide bonds. The quantitative estimate of drug-likeness (QED) is 0.232. The van der Waals surface area contributed by atoms with Gasteiger partial charge in [-0.1, -0.05) is 0 Å². The first-order valence-electron chi connectivity index (χ1n) is 2.48. The van der Waals surface area contributed by atoms with Gasteiger partial charge in [-0.3, -0.25) is 0 Å². The Bertz CT molecular complexity index is 258. The maximum absolute atomic E-state index is 10.1. The maximum Gasteiger partial charge on any atom is 1.00 e. The molecule has 11 heavy (non-hydrogen) atoms. The van der Waals surface area contributed by atoms with Crippen molar-refractivity contribution in [2.75, 3.05) is 0 Å². The molecule has 0 fully saturated rings. The van der Waals surface area contributed by atoms with Crippen LogP contribution in [0.4, 0.5) is 0 Å². The van der Waals surface area contributed by atoms with Crippen LogP contribution in [0.1, 0.15) is 0 Å². The molecule has 2 N–H and O–H groups in total. The number of aliphatic imine (C=N–C) groups is 2. The molecule has 0 bridgehead atoms. The van der Waals surface area contributed by atoms with E-state index in [1.54, 1.807) is 0 Å². The van der Waals surface area contributed by atoms with Crippen LogP contribution in [0.2, 0.25) is 0 Å². The van der Waals surface area contributed by atoms with E-state index >= 15 is 0 Å². The summed E-state index contributed by atoms with van der Waals surface area (Å²) in [4.78, 5) is 7.20. The van der Waals surface area contributed by atoms with Gasteiger partial charge in [0.15, 0.2) is 0 Å². The summed E-state index contributed by atoms with van der Waals surface area (Å²) in [6.07, 6.45) is 1.89. The first-order valence-corrected chi connectivity index (χ1v) is 2.89. The second kappa shape index (κ2) is 4.61. The van der Waals surface area contributed by atoms with Gasteiger partial charge >= 0.3 is 29.6 Å². The number of thiocarbonyl (C=S) groups is 1. The average Bonchev–Trinajstić information content (AvgIpc) is 1.88. The zero-order valence-electron chi connectivity index (χ0n) is 5.94. The fraction of sp³-hybridized carbons (Fsp3) is 0. The Balaban J connectivity index is 0.000001000. The van der Waals surface area contributed by atoms with E-state index in [2.05, 4.69) is 22.2 Å². The molecule has 4 nitrogen and oxygen atoms in total. The van der Waals surface area contributed by atoms with Gasteiger partial charge in [0, 0.05) is 11.8 Å². The van der Waals surface area contributed by atoms with Crippen molar-refractivity contribution < 1.29 is 34.7 Å². The molecule has 1 heterocycles. The molecule has 1 aliphatic rings. The molecule has 52 valence electrons. The summed E-state index contributed by atoms with van der Waals surface area (Å²) in [5.41, 5.74) is 5.55. The second-order valence-corrected chi connectivity index (χ2v) is 1.98. The summed E-state index contributed by atoms with van der Waals surface area (Å²) in [7, 11) is 0. The molecular formula is C5H4N3NaOS. The first-order chi connectivity index (χ1) is 4.74. The molecule has 6 heteroatoms. The SMILES string of the molecule is NC1=NC(=S)N=C/C1=C\[O-].[Na+]. The van der Waals surface area contributed by atoms with Gasteiger partial charge in [-0.2, -0.15) is 0 Å². The minimum Gasteiger partial charge on any atom is -0.877 e. The summed E-state index contributed by atoms with van der Waals surface area (Å²) < 4.78 is 0. The van der Waals surface area contributed by atoms with Gasteiger partial charge in [-0.15, -0.1) is 6.26 Å². The third-order valence-corrected chi connectivity index (χ3v) is 1.15. The fourth-order valence-corrected chi connectivity index (χ4v) is 0.629. The Morgan fingerprint density at radius 1 is 1.64 bits per heavy atom. The normalized spacial score (nSPS) is 19.5. The van der Waals surface area contributed by atoms with E-state index in [4.69, 9.17) is 5.73 Å². The van der Waals surface area contributed by atoms with Crippen molar-refractivity contribution in [2.45, 2.75) is 0 Å². The number of hydrogen-bond acceptors (Lipinski definition) is 3. The molecule has 1 aliphatic heterocycles. The van der Waals surface area contributed by atoms with Crippen LogP contribution in [0.5, 0.6) is 0 Å². The van der Waals surface area contributed by atoms with Crippen molar-refractivity contribution in [3.63, 3.8) is 0 Å². The first kappa shape index (κ1) is 10.8. The molecule has 0 saturated carbocycles. The van der Waals surface area contributed by atoms with Crippen LogP contribution in [0.15, 0.2) is 21.8 Å². The summed E-state index contributed by atoms with van der Waals surface area (Å²) in [6, 6.07) is 0. The van der Waals surface area contributed by atoms with E-state index in [1.807, 2.05) is 0 Å². The van der Waals surface area contributed by atoms with Crippen molar-refractivity contribution in [1.29, 1.82) is 0 Å². The van der Waals surface area contributed by atoms with Gasteiger partial charge in [0.05, 0.1) is 0 Å². The third-order valence-electron chi connectivity index (χ3n) is 0.953. The molecule has 0 aromatic rings. The van der Waals surface area contributed by atoms with Crippen LogP contribution in [0, 0.1) is 0 Å². The van der Waals surface area contributed by atoms with Crippen LogP contribution < -0.4 is 40.4 Å². The van der Waals surface area contributed by atoms with E-state index in [0.717, 1.165) is 0 Å². The van der Waals surface area contributed by atoms with E-state index in [1.165, 1.54) is 6.21 Å². The van der Waals surface area contributed by atoms with Gasteiger partial charge < -0.3 is 10.8 Å². The Hall–Kier alpha value is -0.230. The molecule has 0 aromatic carbocycles. The van der Waals surface area contributed by atoms with Crippen LogP contribution in [-0.2, 0) is 0 Å². The summed E-state index contributed by atoms with van der Waals surface area (Å²) >= 11 is 4.59. The molecule has 1 rings (SSSR count). The minimum atomic E-state index is 0. The van der Waals surface area contributed by atoms with Crippen molar-refractivity contribution in [1.82, 2.24) is 0 Å². The zero-order valence-corrected chi connectivity index (χ0v) is 8.76. The minimum absolute atomic E-state index is 0. The van der Waals surface area contributed by atoms with Gasteiger partial charge in [-0.05, 0) is 12.2 Å². The predicted molar refractivity (Wildman–Crippen MR) is 40.8 cm³/mol. The van der Waals surface area contributed by atoms with E-state index in [0.29, 0.717) is 6.26 Å². The average molecular weight is 177 g/mol. The number of amidine groups is 1. The molecule has 0 aromatic heterocycles. The number of nitrogens with two attached hydrogens (primary N) is 1. The number of nitrogens with zero attached hydrogens (tertiary/aromatic N) is 2. The summed E-state index contributed by atoms with van der Waals surface area (Å²) in [6.45, 7) is 0. The van der Waals surface area contributed by atoms with E-state index in [9.17, 15) is 5.11 Å². The summed E-state index contributed by atoms with van der Waals surface area (Å²) in [5.74, 6) is 0.134. The Morgan fingerprint density at radius 2 is 2.27 bits per heavy atom. The zero-order chi connectivity index (χ0) is 7.56. The van der Waals surface area contributed by atoms with Gasteiger partial charge in [0.2, 0.25) is 5.11 Å². The van der Waals surface area contributed by atoms with Crippen molar-refractivity contribution in [3.8, 4) is 0 Å². The van der Waals surface area contributed by atoms with Crippen LogP contribution in [0.3, 0.4) is 0 Å². The summed E-state index contributed by atoms with van der Waals surface area (Å²) in [5, 5.41) is 10.3. The Kier molecular flexibility index (Phi) is 4.51. The van der Waals surface area contributed by atoms with Crippen LogP contribution in [0.25, 0.3) is 0 Å². The molecule has 0 spiro atoms. The topological polar surface area (TPSA) is 73.8 Å². The van der Waals surface area contributed by atoms with Crippen molar-refractivity contribution in [3.05, 3.63) is 11.8 Å². The van der Waals surface area contributed by atoms with Gasteiger partial charge in [-0.25, -0.2) is 9.98 Å². The van der Waals surface area contributed by atoms with E-state index < -0.39 is 0 Å². The monoisotopic (exact) mass is 177 g/mol. The number of rotatable bonds is 0. The fourth-order valence-electron chi connectivity index (χ4n) is 0.478. The Labute approximate surface area is 91.2 Å². The molecular weight excluding hydrogens is 173 g/mol. The Morgan fingerprint density at radius 3 is 2.73 bits per heavy atom. The molecule has 0 aliphatic carbocycles. The largest absolute Gasteiger partial charge is 1.00 e. The van der Waals surface area contributed by atoms with Crippen LogP contribution >= 0.6 is 12.2 Å². The smallest absolute Gasteiger partial charge is 0.877 e.